The highest BCUT2D eigenvalue weighted by molar-refractivity contribution is 6.05. The summed E-state index contributed by atoms with van der Waals surface area (Å²) >= 11 is 0. The number of carbonyl (C=O) groups is 3. The third-order valence-electron chi connectivity index (χ3n) is 13.4. The van der Waals surface area contributed by atoms with Crippen LogP contribution in [-0.4, -0.2) is 111 Å². The summed E-state index contributed by atoms with van der Waals surface area (Å²) in [5.74, 6) is 1.42. The molecule has 3 saturated heterocycles. The lowest BCUT2D eigenvalue weighted by atomic mass is 9.95. The number of amides is 4. The molecule has 10 rings (SSSR count). The van der Waals surface area contributed by atoms with Crippen molar-refractivity contribution in [3.8, 4) is 22.5 Å². The highest BCUT2D eigenvalue weighted by Gasteiger charge is 2.34. The number of H-pyrrole nitrogens is 1. The van der Waals surface area contributed by atoms with Crippen LogP contribution in [0.15, 0.2) is 71.6 Å². The first-order valence-electron chi connectivity index (χ1n) is 23.0. The summed E-state index contributed by atoms with van der Waals surface area (Å²) in [6, 6.07) is 18.1. The molecule has 4 amide bonds. The van der Waals surface area contributed by atoms with Crippen molar-refractivity contribution in [1.82, 2.24) is 45.6 Å². The molecule has 0 spiro atoms. The van der Waals surface area contributed by atoms with E-state index in [1.54, 1.807) is 11.2 Å². The average molecular weight is 893 g/mol. The van der Waals surface area contributed by atoms with Gasteiger partial charge in [-0.2, -0.15) is 4.98 Å². The summed E-state index contributed by atoms with van der Waals surface area (Å²) in [6.07, 6.45) is 6.10. The van der Waals surface area contributed by atoms with Crippen LogP contribution in [0.3, 0.4) is 0 Å². The molecule has 0 radical (unpaired) electrons. The van der Waals surface area contributed by atoms with Crippen LogP contribution >= 0.6 is 0 Å². The molecule has 0 aliphatic carbocycles. The fourth-order valence-electron chi connectivity index (χ4n) is 9.81. The smallest absolute Gasteiger partial charge is 0.328 e. The van der Waals surface area contributed by atoms with E-state index in [4.69, 9.17) is 19.2 Å². The molecule has 4 aliphatic rings. The summed E-state index contributed by atoms with van der Waals surface area (Å²) in [6.45, 7) is 17.3. The number of fused-ring (bicyclic) bond motifs is 4. The van der Waals surface area contributed by atoms with Gasteiger partial charge in [-0.3, -0.25) is 24.7 Å². The van der Waals surface area contributed by atoms with E-state index in [1.165, 1.54) is 0 Å². The van der Waals surface area contributed by atoms with E-state index in [9.17, 15) is 14.4 Å². The van der Waals surface area contributed by atoms with Crippen LogP contribution in [0.25, 0.3) is 33.5 Å². The number of hydrogen-bond donors (Lipinski definition) is 3. The van der Waals surface area contributed by atoms with Gasteiger partial charge < -0.3 is 29.4 Å². The molecule has 3 N–H and O–H groups in total. The van der Waals surface area contributed by atoms with Gasteiger partial charge in [0, 0.05) is 103 Å². The monoisotopic (exact) mass is 892 g/mol. The summed E-state index contributed by atoms with van der Waals surface area (Å²) in [4.78, 5) is 68.2. The fraction of sp³-hybridized carbons (Fsp3) is 0.429. The zero-order valence-electron chi connectivity index (χ0n) is 38.1. The molecule has 0 saturated carbocycles. The highest BCUT2D eigenvalue weighted by Crippen LogP contribution is 2.35. The third kappa shape index (κ3) is 8.72. The Morgan fingerprint density at radius 2 is 1.74 bits per heavy atom. The number of rotatable bonds is 9. The fourth-order valence-corrected chi connectivity index (χ4v) is 9.81. The number of aryl methyl sites for hydroxylation is 1. The van der Waals surface area contributed by atoms with Gasteiger partial charge in [-0.15, -0.1) is 0 Å². The van der Waals surface area contributed by atoms with Gasteiger partial charge in [0.05, 0.1) is 31.0 Å². The number of pyridine rings is 1. The SMILES string of the molecule is Cc1cc(-c2ncnc3[nH]c(-c4cnc5c(c4)COC[C@@H]4CN(CC6CCN(c7ccc(N8CCC(=O)NC8=O)cc7)CC6)CCN54)cc23)ccc1[C@@H](C)NC(=O)c1nc(C(C)(C)C)no1. The number of anilines is 3. The minimum absolute atomic E-state index is 0.0531. The van der Waals surface area contributed by atoms with Crippen LogP contribution in [-0.2, 0) is 21.6 Å². The van der Waals surface area contributed by atoms with Crippen LogP contribution in [0.2, 0.25) is 0 Å². The van der Waals surface area contributed by atoms with Crippen molar-refractivity contribution in [3.05, 3.63) is 95.5 Å². The first kappa shape index (κ1) is 43.2. The van der Waals surface area contributed by atoms with Gasteiger partial charge in [-0.25, -0.2) is 19.7 Å². The number of imide groups is 1. The van der Waals surface area contributed by atoms with Gasteiger partial charge >= 0.3 is 17.8 Å². The van der Waals surface area contributed by atoms with Crippen molar-refractivity contribution in [2.45, 2.75) is 78.0 Å². The van der Waals surface area contributed by atoms with Crippen LogP contribution in [0, 0.1) is 12.8 Å². The molecule has 342 valence electrons. The second kappa shape index (κ2) is 17.6. The summed E-state index contributed by atoms with van der Waals surface area (Å²) < 4.78 is 11.6. The van der Waals surface area contributed by atoms with E-state index in [-0.39, 0.29) is 35.3 Å². The maximum absolute atomic E-state index is 13.0. The molecule has 17 nitrogen and oxygen atoms in total. The Morgan fingerprint density at radius 3 is 2.50 bits per heavy atom. The van der Waals surface area contributed by atoms with Crippen molar-refractivity contribution < 1.29 is 23.6 Å². The Balaban J connectivity index is 0.761. The number of urea groups is 1. The Hall–Kier alpha value is -6.72. The van der Waals surface area contributed by atoms with E-state index in [0.29, 0.717) is 37.9 Å². The quantitative estimate of drug-likeness (QED) is 0.142. The number of piperazine rings is 1. The predicted molar refractivity (Wildman–Crippen MR) is 250 cm³/mol. The summed E-state index contributed by atoms with van der Waals surface area (Å²) in [5, 5.41) is 10.3. The Kier molecular flexibility index (Phi) is 11.5. The van der Waals surface area contributed by atoms with Crippen molar-refractivity contribution in [1.29, 1.82) is 0 Å². The number of aromatic nitrogens is 6. The maximum atomic E-state index is 13.0. The van der Waals surface area contributed by atoms with E-state index in [1.807, 2.05) is 65.1 Å². The standard InChI is InChI=1S/C49H56N12O5/c1-29-20-32(6-11-38(29)30(2)53-45(63)46-56-47(57-66-46)49(3,4)5)42-39-22-40(54-43(39)52-28-51-42)33-21-34-26-65-27-37-25-58(18-19-60(37)44(34)50-23-33)24-31-12-15-59(16-13-31)35-7-9-36(10-8-35)61-17-14-41(62)55-48(61)64/h6-11,20-23,28,30-31,37H,12-19,24-27H2,1-5H3,(H,53,63)(H,51,52,54)(H,55,62,64)/t30-,37+/m1/s1. The van der Waals surface area contributed by atoms with Gasteiger partial charge in [0.1, 0.15) is 17.8 Å². The maximum Gasteiger partial charge on any atom is 0.328 e. The minimum Gasteiger partial charge on any atom is -0.374 e. The van der Waals surface area contributed by atoms with Gasteiger partial charge in [0.2, 0.25) is 5.91 Å². The zero-order valence-corrected chi connectivity index (χ0v) is 38.1. The molecule has 3 fully saturated rings. The Bertz CT molecular complexity index is 2790. The second-order valence-corrected chi connectivity index (χ2v) is 19.1. The topological polar surface area (TPSA) is 191 Å². The number of aromatic amines is 1. The number of hydrogen-bond acceptors (Lipinski definition) is 13. The number of nitrogens with one attached hydrogen (secondary N) is 3. The predicted octanol–water partition coefficient (Wildman–Crippen LogP) is 6.55. The van der Waals surface area contributed by atoms with Crippen LogP contribution < -0.4 is 25.3 Å². The van der Waals surface area contributed by atoms with E-state index in [0.717, 1.165) is 120 Å². The molecule has 2 atom stereocenters. The molecule has 66 heavy (non-hydrogen) atoms. The molecular weight excluding hydrogens is 837 g/mol. The number of piperidine rings is 1. The van der Waals surface area contributed by atoms with Gasteiger partial charge in [-0.1, -0.05) is 38.1 Å². The minimum atomic E-state index is -0.415. The van der Waals surface area contributed by atoms with E-state index < -0.39 is 5.91 Å². The Labute approximate surface area is 383 Å². The second-order valence-electron chi connectivity index (χ2n) is 19.1. The van der Waals surface area contributed by atoms with Crippen LogP contribution in [0.4, 0.5) is 22.0 Å². The first-order chi connectivity index (χ1) is 31.8. The lowest BCUT2D eigenvalue weighted by Crippen LogP contribution is -2.56. The zero-order chi connectivity index (χ0) is 45.7. The van der Waals surface area contributed by atoms with Gasteiger partial charge in [-0.05, 0) is 86.2 Å². The third-order valence-corrected chi connectivity index (χ3v) is 13.4. The largest absolute Gasteiger partial charge is 0.374 e. The average Bonchev–Trinajstić information content (AvgIpc) is 3.95. The van der Waals surface area contributed by atoms with Gasteiger partial charge in [0.25, 0.3) is 0 Å². The molecule has 4 aromatic heterocycles. The number of carbonyl (C=O) groups excluding carboxylic acids is 3. The number of nitrogens with zero attached hydrogens (tertiary/aromatic N) is 9. The summed E-state index contributed by atoms with van der Waals surface area (Å²) in [7, 11) is 0. The van der Waals surface area contributed by atoms with Crippen molar-refractivity contribution in [2.75, 3.05) is 67.1 Å². The van der Waals surface area contributed by atoms with Crippen molar-refractivity contribution in [3.63, 3.8) is 0 Å². The molecule has 8 heterocycles. The van der Waals surface area contributed by atoms with Gasteiger partial charge in [0.15, 0.2) is 5.82 Å². The molecular formula is C49H56N12O5. The van der Waals surface area contributed by atoms with Crippen LogP contribution in [0.1, 0.15) is 86.2 Å². The molecule has 17 heteroatoms. The molecule has 2 aromatic carbocycles. The molecule has 6 aromatic rings. The van der Waals surface area contributed by atoms with Crippen molar-refractivity contribution in [2.24, 2.45) is 5.92 Å². The van der Waals surface area contributed by atoms with E-state index in [2.05, 4.69) is 75.8 Å². The molecule has 0 bridgehead atoms. The highest BCUT2D eigenvalue weighted by atomic mass is 16.5. The summed E-state index contributed by atoms with van der Waals surface area (Å²) in [5.41, 5.74) is 9.04. The number of benzene rings is 2. The van der Waals surface area contributed by atoms with E-state index >= 15 is 0 Å². The van der Waals surface area contributed by atoms with Crippen molar-refractivity contribution >= 4 is 46.1 Å². The lowest BCUT2D eigenvalue weighted by Gasteiger charge is -2.43. The molecule has 4 aliphatic heterocycles. The normalized spacial score (nSPS) is 19.0. The first-order valence-corrected chi connectivity index (χ1v) is 23.0. The lowest BCUT2D eigenvalue weighted by molar-refractivity contribution is -0.120. The molecule has 0 unspecified atom stereocenters. The van der Waals surface area contributed by atoms with Crippen LogP contribution in [0.5, 0.6) is 0 Å². The number of ether oxygens (including phenoxy) is 1. The Morgan fingerprint density at radius 1 is 0.939 bits per heavy atom.